The third-order valence-electron chi connectivity index (χ3n) is 6.76. The highest BCUT2D eigenvalue weighted by atomic mass is 16.6. The highest BCUT2D eigenvalue weighted by Crippen LogP contribution is 2.31. The van der Waals surface area contributed by atoms with Gasteiger partial charge in [0.2, 0.25) is 0 Å². The van der Waals surface area contributed by atoms with Gasteiger partial charge in [0.15, 0.2) is 11.5 Å². The number of likely N-dealkylation sites (tertiary alicyclic amines) is 1. The van der Waals surface area contributed by atoms with E-state index in [4.69, 9.17) is 14.2 Å². The minimum atomic E-state index is -0.616. The molecular formula is C27H33N3O4. The van der Waals surface area contributed by atoms with Gasteiger partial charge in [-0.05, 0) is 66.9 Å². The van der Waals surface area contributed by atoms with E-state index in [2.05, 4.69) is 27.3 Å². The lowest BCUT2D eigenvalue weighted by molar-refractivity contribution is 0.0764. The third-order valence-corrected chi connectivity index (χ3v) is 6.76. The maximum Gasteiger partial charge on any atom is 0.161 e. The number of fused-ring (bicyclic) bond motifs is 2. The van der Waals surface area contributed by atoms with Crippen molar-refractivity contribution >= 4 is 10.9 Å². The Morgan fingerprint density at radius 3 is 2.85 bits per heavy atom. The number of hydrogen-bond acceptors (Lipinski definition) is 7. The summed E-state index contributed by atoms with van der Waals surface area (Å²) in [5.41, 5.74) is 2.92. The number of benzene rings is 2. The molecule has 0 radical (unpaired) electrons. The number of methoxy groups -OCH3 is 1. The minimum absolute atomic E-state index is 0.202. The zero-order chi connectivity index (χ0) is 23.3. The van der Waals surface area contributed by atoms with E-state index < -0.39 is 6.10 Å². The number of pyridine rings is 1. The van der Waals surface area contributed by atoms with Gasteiger partial charge in [0, 0.05) is 24.7 Å². The first kappa shape index (κ1) is 22.9. The predicted molar refractivity (Wildman–Crippen MR) is 131 cm³/mol. The molecule has 1 fully saturated rings. The van der Waals surface area contributed by atoms with E-state index in [0.717, 1.165) is 59.6 Å². The quantitative estimate of drug-likeness (QED) is 0.548. The van der Waals surface area contributed by atoms with Gasteiger partial charge >= 0.3 is 0 Å². The molecule has 7 heteroatoms. The van der Waals surface area contributed by atoms with E-state index >= 15 is 0 Å². The summed E-state index contributed by atoms with van der Waals surface area (Å²) < 4.78 is 16.8. The van der Waals surface area contributed by atoms with Crippen LogP contribution < -0.4 is 19.5 Å². The summed E-state index contributed by atoms with van der Waals surface area (Å²) in [6.45, 7) is 3.46. The molecule has 2 aliphatic rings. The van der Waals surface area contributed by atoms with Crippen LogP contribution in [0, 0.1) is 0 Å². The number of aliphatic hydroxyl groups is 1. The molecule has 2 unspecified atom stereocenters. The summed E-state index contributed by atoms with van der Waals surface area (Å²) in [5.74, 6) is 2.40. The molecule has 180 valence electrons. The Morgan fingerprint density at radius 1 is 1.09 bits per heavy atom. The van der Waals surface area contributed by atoms with Crippen LogP contribution in [0.2, 0.25) is 0 Å². The zero-order valence-corrected chi connectivity index (χ0v) is 19.7. The standard InChI is InChI=1S/C27H33N3O4/c1-32-20-7-8-23-22(16-20)21(10-11-28-23)24(31)18-30-12-4-2-3-5-27(30)29-17-19-6-9-25-26(15-19)34-14-13-33-25/h6-11,15-16,24,27,29,31H,2-5,12-14,17-18H2,1H3. The largest absolute Gasteiger partial charge is 0.497 e. The topological polar surface area (TPSA) is 76.1 Å². The third kappa shape index (κ3) is 5.12. The van der Waals surface area contributed by atoms with Crippen molar-refractivity contribution in [3.8, 4) is 17.2 Å². The lowest BCUT2D eigenvalue weighted by Crippen LogP contribution is -2.46. The van der Waals surface area contributed by atoms with Crippen molar-refractivity contribution in [2.75, 3.05) is 33.4 Å². The van der Waals surface area contributed by atoms with Gasteiger partial charge in [0.1, 0.15) is 19.0 Å². The molecule has 0 aliphatic carbocycles. The van der Waals surface area contributed by atoms with Gasteiger partial charge in [-0.15, -0.1) is 0 Å². The second-order valence-electron chi connectivity index (χ2n) is 9.02. The van der Waals surface area contributed by atoms with E-state index in [0.29, 0.717) is 19.8 Å². The van der Waals surface area contributed by atoms with Gasteiger partial charge in [-0.1, -0.05) is 18.9 Å². The fourth-order valence-electron chi connectivity index (χ4n) is 4.94. The summed E-state index contributed by atoms with van der Waals surface area (Å²) in [5, 5.41) is 16.0. The van der Waals surface area contributed by atoms with Crippen molar-refractivity contribution in [2.24, 2.45) is 0 Å². The zero-order valence-electron chi connectivity index (χ0n) is 19.7. The van der Waals surface area contributed by atoms with Crippen LogP contribution in [0.1, 0.15) is 42.9 Å². The summed E-state index contributed by atoms with van der Waals surface area (Å²) in [7, 11) is 1.66. The van der Waals surface area contributed by atoms with E-state index in [-0.39, 0.29) is 6.17 Å². The predicted octanol–water partition coefficient (Wildman–Crippen LogP) is 4.04. The van der Waals surface area contributed by atoms with Crippen LogP contribution in [0.4, 0.5) is 0 Å². The Morgan fingerprint density at radius 2 is 1.97 bits per heavy atom. The van der Waals surface area contributed by atoms with Gasteiger partial charge in [0.25, 0.3) is 0 Å². The summed E-state index contributed by atoms with van der Waals surface area (Å²) in [6.07, 6.45) is 5.95. The minimum Gasteiger partial charge on any atom is -0.497 e. The SMILES string of the molecule is COc1ccc2nccc(C(O)CN3CCCCCC3NCc3ccc4c(c3)OCCO4)c2c1. The van der Waals surface area contributed by atoms with Crippen LogP contribution in [0.15, 0.2) is 48.7 Å². The Bertz CT molecular complexity index is 1120. The molecule has 1 saturated heterocycles. The summed E-state index contributed by atoms with van der Waals surface area (Å²) >= 11 is 0. The monoisotopic (exact) mass is 463 g/mol. The molecule has 7 nitrogen and oxygen atoms in total. The molecule has 3 heterocycles. The first-order valence-electron chi connectivity index (χ1n) is 12.2. The van der Waals surface area contributed by atoms with E-state index in [9.17, 15) is 5.11 Å². The highest BCUT2D eigenvalue weighted by Gasteiger charge is 2.24. The Kier molecular flexibility index (Phi) is 7.13. The van der Waals surface area contributed by atoms with E-state index in [1.807, 2.05) is 30.3 Å². The van der Waals surface area contributed by atoms with E-state index in [1.165, 1.54) is 18.4 Å². The molecule has 0 spiro atoms. The molecule has 2 aromatic carbocycles. The maximum atomic E-state index is 11.3. The highest BCUT2D eigenvalue weighted by molar-refractivity contribution is 5.83. The molecule has 34 heavy (non-hydrogen) atoms. The normalized spacial score (nSPS) is 19.5. The number of ether oxygens (including phenoxy) is 3. The first-order chi connectivity index (χ1) is 16.7. The van der Waals surface area contributed by atoms with Crippen molar-refractivity contribution in [3.05, 3.63) is 59.8 Å². The Balaban J connectivity index is 1.30. The van der Waals surface area contributed by atoms with Gasteiger partial charge in [-0.25, -0.2) is 0 Å². The average molecular weight is 464 g/mol. The van der Waals surface area contributed by atoms with Crippen molar-refractivity contribution in [1.82, 2.24) is 15.2 Å². The molecule has 2 atom stereocenters. The molecule has 2 aliphatic heterocycles. The lowest BCUT2D eigenvalue weighted by Gasteiger charge is -2.33. The maximum absolute atomic E-state index is 11.3. The van der Waals surface area contributed by atoms with Crippen LogP contribution in [0.3, 0.4) is 0 Å². The van der Waals surface area contributed by atoms with Crippen molar-refractivity contribution < 1.29 is 19.3 Å². The van der Waals surface area contributed by atoms with Crippen molar-refractivity contribution in [2.45, 2.75) is 44.5 Å². The number of nitrogens with zero attached hydrogens (tertiary/aromatic N) is 2. The van der Waals surface area contributed by atoms with Crippen LogP contribution in [-0.4, -0.2) is 54.6 Å². The van der Waals surface area contributed by atoms with Gasteiger partial charge in [-0.2, -0.15) is 0 Å². The fourth-order valence-corrected chi connectivity index (χ4v) is 4.94. The fraction of sp³-hybridized carbons (Fsp3) is 0.444. The Labute approximate surface area is 200 Å². The van der Waals surface area contributed by atoms with Crippen molar-refractivity contribution in [3.63, 3.8) is 0 Å². The second-order valence-corrected chi connectivity index (χ2v) is 9.02. The molecule has 0 saturated carbocycles. The molecule has 1 aromatic heterocycles. The molecule has 2 N–H and O–H groups in total. The number of β-amino-alcohol motifs (C(OH)–C–C–N with tert-alkyl or cyclic N) is 1. The summed E-state index contributed by atoms with van der Waals surface area (Å²) in [4.78, 5) is 6.85. The number of hydrogen-bond donors (Lipinski definition) is 2. The lowest BCUT2D eigenvalue weighted by atomic mass is 10.0. The molecular weight excluding hydrogens is 430 g/mol. The van der Waals surface area contributed by atoms with Gasteiger partial charge in [-0.3, -0.25) is 15.2 Å². The summed E-state index contributed by atoms with van der Waals surface area (Å²) in [6, 6.07) is 13.9. The number of nitrogens with one attached hydrogen (secondary N) is 1. The Hall–Kier alpha value is -2.87. The second kappa shape index (κ2) is 10.6. The number of rotatable bonds is 7. The van der Waals surface area contributed by atoms with Gasteiger partial charge < -0.3 is 19.3 Å². The molecule has 3 aromatic rings. The van der Waals surface area contributed by atoms with Crippen LogP contribution in [0.25, 0.3) is 10.9 Å². The van der Waals surface area contributed by atoms with Crippen LogP contribution in [0.5, 0.6) is 17.2 Å². The number of aliphatic hydroxyl groups excluding tert-OH is 1. The van der Waals surface area contributed by atoms with Gasteiger partial charge in [0.05, 0.1) is 24.9 Å². The molecule has 5 rings (SSSR count). The molecule has 0 amide bonds. The smallest absolute Gasteiger partial charge is 0.161 e. The molecule has 0 bridgehead atoms. The van der Waals surface area contributed by atoms with Crippen LogP contribution >= 0.6 is 0 Å². The van der Waals surface area contributed by atoms with Crippen molar-refractivity contribution in [1.29, 1.82) is 0 Å². The number of aromatic nitrogens is 1. The average Bonchev–Trinajstić information content (AvgIpc) is 3.11. The van der Waals surface area contributed by atoms with Crippen LogP contribution in [-0.2, 0) is 6.54 Å². The van der Waals surface area contributed by atoms with E-state index in [1.54, 1.807) is 13.3 Å². The first-order valence-corrected chi connectivity index (χ1v) is 12.2.